The molecule has 0 bridgehead atoms. The van der Waals surface area contributed by atoms with Gasteiger partial charge >= 0.3 is 0 Å². The largest absolute Gasteiger partial charge is 0.313 e. The Balaban J connectivity index is 2.27. The summed E-state index contributed by atoms with van der Waals surface area (Å²) in [6.07, 6.45) is 2.28. The van der Waals surface area contributed by atoms with Crippen LogP contribution in [0.25, 0.3) is 0 Å². The van der Waals surface area contributed by atoms with Crippen LogP contribution in [0.3, 0.4) is 0 Å². The minimum Gasteiger partial charge on any atom is -0.313 e. The molecule has 118 valence electrons. The summed E-state index contributed by atoms with van der Waals surface area (Å²) in [4.78, 5) is 12.9. The third-order valence-electron chi connectivity index (χ3n) is 3.80. The van der Waals surface area contributed by atoms with E-state index in [4.69, 9.17) is 0 Å². The second kappa shape index (κ2) is 8.74. The van der Waals surface area contributed by atoms with Gasteiger partial charge in [0.15, 0.2) is 0 Å². The molecule has 0 aliphatic rings. The Kier molecular flexibility index (Phi) is 7.32. The molecule has 0 amide bonds. The van der Waals surface area contributed by atoms with Crippen molar-refractivity contribution < 1.29 is 4.92 Å². The Bertz CT molecular complexity index is 461. The molecule has 0 atom stereocenters. The van der Waals surface area contributed by atoms with Gasteiger partial charge in [-0.15, -0.1) is 0 Å². The molecule has 1 rings (SSSR count). The van der Waals surface area contributed by atoms with Gasteiger partial charge in [-0.2, -0.15) is 0 Å². The lowest BCUT2D eigenvalue weighted by Gasteiger charge is -2.20. The lowest BCUT2D eigenvalue weighted by atomic mass is 10.1. The van der Waals surface area contributed by atoms with Crippen LogP contribution in [0, 0.1) is 17.0 Å². The van der Waals surface area contributed by atoms with E-state index in [1.807, 2.05) is 12.1 Å². The van der Waals surface area contributed by atoms with Gasteiger partial charge in [0.2, 0.25) is 0 Å². The number of nitro groups is 1. The standard InChI is InChI=1S/C16H27N3O2/c1-13(2)18(4)10-6-5-9-17-12-15-8-7-14(3)16(11-15)19(20)21/h7-8,11,13,17H,5-6,9-10,12H2,1-4H3. The van der Waals surface area contributed by atoms with E-state index in [-0.39, 0.29) is 10.6 Å². The van der Waals surface area contributed by atoms with Crippen LogP contribution in [0.15, 0.2) is 18.2 Å². The molecule has 1 aromatic carbocycles. The van der Waals surface area contributed by atoms with Gasteiger partial charge in [0.25, 0.3) is 5.69 Å². The Morgan fingerprint density at radius 3 is 2.67 bits per heavy atom. The van der Waals surface area contributed by atoms with E-state index in [0.717, 1.165) is 31.5 Å². The second-order valence-corrected chi connectivity index (χ2v) is 5.84. The van der Waals surface area contributed by atoms with E-state index < -0.39 is 0 Å². The zero-order valence-electron chi connectivity index (χ0n) is 13.6. The maximum atomic E-state index is 10.9. The summed E-state index contributed by atoms with van der Waals surface area (Å²) in [7, 11) is 2.14. The number of unbranched alkanes of at least 4 members (excludes halogenated alkanes) is 1. The van der Waals surface area contributed by atoms with Crippen LogP contribution in [0.1, 0.15) is 37.8 Å². The van der Waals surface area contributed by atoms with Gasteiger partial charge in [-0.05, 0) is 59.3 Å². The summed E-state index contributed by atoms with van der Waals surface area (Å²) in [6, 6.07) is 6.01. The highest BCUT2D eigenvalue weighted by Gasteiger charge is 2.10. The average Bonchev–Trinajstić information content (AvgIpc) is 2.43. The molecule has 0 heterocycles. The van der Waals surface area contributed by atoms with Gasteiger partial charge < -0.3 is 10.2 Å². The number of nitrogens with zero attached hydrogens (tertiary/aromatic N) is 2. The summed E-state index contributed by atoms with van der Waals surface area (Å²) in [5.74, 6) is 0. The fourth-order valence-electron chi connectivity index (χ4n) is 2.06. The number of nitro benzene ring substituents is 1. The monoisotopic (exact) mass is 293 g/mol. The normalized spacial score (nSPS) is 11.3. The first-order chi connectivity index (χ1) is 9.91. The molecule has 1 N–H and O–H groups in total. The van der Waals surface area contributed by atoms with Crippen LogP contribution in [-0.4, -0.2) is 36.0 Å². The van der Waals surface area contributed by atoms with Crippen molar-refractivity contribution in [2.24, 2.45) is 0 Å². The highest BCUT2D eigenvalue weighted by Crippen LogP contribution is 2.19. The first kappa shape index (κ1) is 17.6. The van der Waals surface area contributed by atoms with Crippen LogP contribution in [0.2, 0.25) is 0 Å². The van der Waals surface area contributed by atoms with Crippen molar-refractivity contribution in [3.05, 3.63) is 39.4 Å². The van der Waals surface area contributed by atoms with E-state index in [2.05, 4.69) is 31.1 Å². The molecular formula is C16H27N3O2. The molecule has 21 heavy (non-hydrogen) atoms. The van der Waals surface area contributed by atoms with Gasteiger partial charge in [0.05, 0.1) is 4.92 Å². The number of hydrogen-bond acceptors (Lipinski definition) is 4. The molecular weight excluding hydrogens is 266 g/mol. The zero-order chi connectivity index (χ0) is 15.8. The van der Waals surface area contributed by atoms with Crippen molar-refractivity contribution in [3.63, 3.8) is 0 Å². The number of nitrogens with one attached hydrogen (secondary N) is 1. The van der Waals surface area contributed by atoms with Gasteiger partial charge in [-0.3, -0.25) is 10.1 Å². The van der Waals surface area contributed by atoms with E-state index in [1.165, 1.54) is 0 Å². The first-order valence-corrected chi connectivity index (χ1v) is 7.56. The van der Waals surface area contributed by atoms with E-state index in [9.17, 15) is 10.1 Å². The Labute approximate surface area is 127 Å². The Hall–Kier alpha value is -1.46. The average molecular weight is 293 g/mol. The van der Waals surface area contributed by atoms with Gasteiger partial charge in [-0.25, -0.2) is 0 Å². The van der Waals surface area contributed by atoms with Crippen LogP contribution in [0.5, 0.6) is 0 Å². The molecule has 1 aromatic rings. The predicted molar refractivity (Wildman–Crippen MR) is 86.5 cm³/mol. The number of benzene rings is 1. The van der Waals surface area contributed by atoms with E-state index in [0.29, 0.717) is 18.2 Å². The molecule has 5 heteroatoms. The number of aryl methyl sites for hydroxylation is 1. The summed E-state index contributed by atoms with van der Waals surface area (Å²) in [6.45, 7) is 8.88. The van der Waals surface area contributed by atoms with Gasteiger partial charge in [-0.1, -0.05) is 12.1 Å². The fourth-order valence-corrected chi connectivity index (χ4v) is 2.06. The van der Waals surface area contributed by atoms with Crippen molar-refractivity contribution in [1.29, 1.82) is 0 Å². The topological polar surface area (TPSA) is 58.4 Å². The molecule has 5 nitrogen and oxygen atoms in total. The molecule has 0 spiro atoms. The van der Waals surface area contributed by atoms with E-state index in [1.54, 1.807) is 13.0 Å². The third kappa shape index (κ3) is 6.23. The molecule has 0 fully saturated rings. The van der Waals surface area contributed by atoms with Crippen molar-refractivity contribution >= 4 is 5.69 Å². The first-order valence-electron chi connectivity index (χ1n) is 7.56. The second-order valence-electron chi connectivity index (χ2n) is 5.84. The third-order valence-corrected chi connectivity index (χ3v) is 3.80. The van der Waals surface area contributed by atoms with Crippen LogP contribution in [-0.2, 0) is 6.54 Å². The molecule has 0 aromatic heterocycles. The van der Waals surface area contributed by atoms with Crippen LogP contribution in [0.4, 0.5) is 5.69 Å². The quantitative estimate of drug-likeness (QED) is 0.432. The van der Waals surface area contributed by atoms with Crippen LogP contribution >= 0.6 is 0 Å². The Morgan fingerprint density at radius 1 is 1.33 bits per heavy atom. The number of hydrogen-bond donors (Lipinski definition) is 1. The summed E-state index contributed by atoms with van der Waals surface area (Å²) in [5, 5.41) is 14.2. The summed E-state index contributed by atoms with van der Waals surface area (Å²) in [5.41, 5.74) is 1.87. The van der Waals surface area contributed by atoms with Crippen molar-refractivity contribution in [2.75, 3.05) is 20.1 Å². The van der Waals surface area contributed by atoms with Crippen LogP contribution < -0.4 is 5.32 Å². The van der Waals surface area contributed by atoms with Gasteiger partial charge in [0.1, 0.15) is 0 Å². The van der Waals surface area contributed by atoms with E-state index >= 15 is 0 Å². The molecule has 0 aliphatic carbocycles. The molecule has 0 saturated heterocycles. The fraction of sp³-hybridized carbons (Fsp3) is 0.625. The zero-order valence-corrected chi connectivity index (χ0v) is 13.6. The predicted octanol–water partition coefficient (Wildman–Crippen LogP) is 3.11. The molecule has 0 radical (unpaired) electrons. The van der Waals surface area contributed by atoms with Crippen molar-refractivity contribution in [2.45, 2.75) is 46.2 Å². The molecule has 0 unspecified atom stereocenters. The lowest BCUT2D eigenvalue weighted by Crippen LogP contribution is -2.27. The summed E-state index contributed by atoms with van der Waals surface area (Å²) < 4.78 is 0. The number of rotatable bonds is 9. The summed E-state index contributed by atoms with van der Waals surface area (Å²) >= 11 is 0. The molecule has 0 saturated carbocycles. The highest BCUT2D eigenvalue weighted by molar-refractivity contribution is 5.42. The van der Waals surface area contributed by atoms with Gasteiger partial charge in [0, 0.05) is 24.2 Å². The SMILES string of the molecule is Cc1ccc(CNCCCCN(C)C(C)C)cc1[N+](=O)[O-]. The van der Waals surface area contributed by atoms with Crippen molar-refractivity contribution in [3.8, 4) is 0 Å². The smallest absolute Gasteiger partial charge is 0.272 e. The van der Waals surface area contributed by atoms with Crippen molar-refractivity contribution in [1.82, 2.24) is 10.2 Å². The maximum absolute atomic E-state index is 10.9. The Morgan fingerprint density at radius 2 is 2.05 bits per heavy atom. The molecule has 0 aliphatic heterocycles. The minimum absolute atomic E-state index is 0.202. The maximum Gasteiger partial charge on any atom is 0.272 e. The highest BCUT2D eigenvalue weighted by atomic mass is 16.6. The minimum atomic E-state index is -0.319. The lowest BCUT2D eigenvalue weighted by molar-refractivity contribution is -0.385.